The fraction of sp³-hybridized carbons (Fsp3) is 0.184. The topological polar surface area (TPSA) is 161 Å². The SMILES string of the molecule is Cc1cccc(-c2ncc(NC(=O)OCc3ccccc3)c(=O)n2CC(=O)NC(Cc2ccccc2)C(=O)C(F)(F)C(=O)NCc2ccncc2)c1. The van der Waals surface area contributed by atoms with Crippen molar-refractivity contribution in [3.63, 3.8) is 0 Å². The molecular weight excluding hydrogens is 674 g/mol. The highest BCUT2D eigenvalue weighted by Crippen LogP contribution is 2.21. The summed E-state index contributed by atoms with van der Waals surface area (Å²) < 4.78 is 37.0. The Morgan fingerprint density at radius 3 is 2.21 bits per heavy atom. The Kier molecular flexibility index (Phi) is 11.9. The monoisotopic (exact) mass is 708 g/mol. The standard InChI is InChI=1S/C38H34F2N6O6/c1-25-9-8-14-29(19-25)34-42-22-31(45-37(51)52-24-28-12-6-3-7-13-28)35(49)46(34)23-32(47)44-30(20-26-10-4-2-5-11-26)33(48)38(39,40)36(50)43-21-27-15-17-41-18-16-27/h2-19,22,30H,20-21,23-24H2,1H3,(H,43,50)(H,44,47)(H,45,51). The van der Waals surface area contributed by atoms with Crippen LogP contribution in [0.15, 0.2) is 120 Å². The number of carbonyl (C=O) groups is 4. The Morgan fingerprint density at radius 2 is 1.54 bits per heavy atom. The number of nitrogens with one attached hydrogen (secondary N) is 3. The minimum atomic E-state index is -4.53. The van der Waals surface area contributed by atoms with Gasteiger partial charge in [-0.15, -0.1) is 0 Å². The summed E-state index contributed by atoms with van der Waals surface area (Å²) in [6.45, 7) is 0.648. The predicted octanol–water partition coefficient (Wildman–Crippen LogP) is 4.61. The Labute approximate surface area is 296 Å². The third-order valence-electron chi connectivity index (χ3n) is 7.81. The molecule has 3 N–H and O–H groups in total. The van der Waals surface area contributed by atoms with Crippen LogP contribution in [0.2, 0.25) is 0 Å². The highest BCUT2D eigenvalue weighted by atomic mass is 19.3. The lowest BCUT2D eigenvalue weighted by Crippen LogP contribution is -2.55. The molecule has 2 aromatic heterocycles. The fourth-order valence-corrected chi connectivity index (χ4v) is 5.18. The van der Waals surface area contributed by atoms with Crippen molar-refractivity contribution in [2.45, 2.75) is 45.0 Å². The van der Waals surface area contributed by atoms with Crippen molar-refractivity contribution in [3.8, 4) is 11.4 Å². The van der Waals surface area contributed by atoms with Crippen LogP contribution in [0.4, 0.5) is 19.3 Å². The average Bonchev–Trinajstić information content (AvgIpc) is 3.15. The van der Waals surface area contributed by atoms with Gasteiger partial charge in [-0.3, -0.25) is 34.0 Å². The molecule has 5 rings (SSSR count). The molecule has 52 heavy (non-hydrogen) atoms. The molecule has 3 amide bonds. The lowest BCUT2D eigenvalue weighted by molar-refractivity contribution is -0.160. The molecule has 5 aromatic rings. The number of amides is 3. The number of anilines is 1. The number of aromatic nitrogens is 3. The van der Waals surface area contributed by atoms with Gasteiger partial charge in [-0.2, -0.15) is 8.78 Å². The second-order valence-electron chi connectivity index (χ2n) is 11.7. The number of alkyl halides is 2. The maximum absolute atomic E-state index is 15.4. The minimum Gasteiger partial charge on any atom is -0.444 e. The summed E-state index contributed by atoms with van der Waals surface area (Å²) in [5.41, 5.74) is 1.68. The van der Waals surface area contributed by atoms with Crippen LogP contribution >= 0.6 is 0 Å². The third kappa shape index (κ3) is 9.56. The number of ketones is 1. The number of pyridine rings is 1. The van der Waals surface area contributed by atoms with Gasteiger partial charge in [0.1, 0.15) is 24.7 Å². The predicted molar refractivity (Wildman–Crippen MR) is 187 cm³/mol. The lowest BCUT2D eigenvalue weighted by atomic mass is 9.98. The van der Waals surface area contributed by atoms with Crippen LogP contribution in [0.25, 0.3) is 11.4 Å². The molecule has 0 radical (unpaired) electrons. The second kappa shape index (κ2) is 16.9. The van der Waals surface area contributed by atoms with Crippen LogP contribution in [0, 0.1) is 6.92 Å². The van der Waals surface area contributed by atoms with Crippen molar-refractivity contribution in [1.82, 2.24) is 25.2 Å². The Morgan fingerprint density at radius 1 is 0.865 bits per heavy atom. The summed E-state index contributed by atoms with van der Waals surface area (Å²) in [4.78, 5) is 74.1. The number of aryl methyl sites for hydroxylation is 1. The first-order valence-electron chi connectivity index (χ1n) is 16.1. The van der Waals surface area contributed by atoms with E-state index in [1.165, 1.54) is 24.5 Å². The Balaban J connectivity index is 1.39. The first-order chi connectivity index (χ1) is 25.0. The summed E-state index contributed by atoms with van der Waals surface area (Å²) >= 11 is 0. The van der Waals surface area contributed by atoms with Crippen LogP contribution < -0.4 is 21.5 Å². The van der Waals surface area contributed by atoms with E-state index >= 15 is 8.78 Å². The van der Waals surface area contributed by atoms with Gasteiger partial charge >= 0.3 is 12.0 Å². The number of halogens is 2. The van der Waals surface area contributed by atoms with Gasteiger partial charge in [-0.1, -0.05) is 84.4 Å². The van der Waals surface area contributed by atoms with Crippen molar-refractivity contribution < 1.29 is 32.7 Å². The minimum absolute atomic E-state index is 0.0267. The van der Waals surface area contributed by atoms with Gasteiger partial charge in [0.2, 0.25) is 11.7 Å². The van der Waals surface area contributed by atoms with E-state index in [9.17, 15) is 24.0 Å². The summed E-state index contributed by atoms with van der Waals surface area (Å²) in [7, 11) is 0. The number of ether oxygens (including phenoxy) is 1. The van der Waals surface area contributed by atoms with Gasteiger partial charge < -0.3 is 15.4 Å². The third-order valence-corrected chi connectivity index (χ3v) is 7.81. The molecule has 3 aromatic carbocycles. The molecule has 2 heterocycles. The smallest absolute Gasteiger partial charge is 0.412 e. The number of Topliss-reactive ketones (excluding diaryl/α,β-unsaturated/α-hetero) is 1. The van der Waals surface area contributed by atoms with E-state index in [0.29, 0.717) is 22.3 Å². The normalized spacial score (nSPS) is 11.6. The van der Waals surface area contributed by atoms with Crippen molar-refractivity contribution in [3.05, 3.63) is 148 Å². The van der Waals surface area contributed by atoms with E-state index in [4.69, 9.17) is 4.74 Å². The number of nitrogens with zero attached hydrogens (tertiary/aromatic N) is 3. The van der Waals surface area contributed by atoms with Gasteiger partial charge in [-0.05, 0) is 41.8 Å². The number of rotatable bonds is 14. The quantitative estimate of drug-likeness (QED) is 0.141. The van der Waals surface area contributed by atoms with Crippen molar-refractivity contribution >= 4 is 29.4 Å². The molecule has 0 aliphatic carbocycles. The van der Waals surface area contributed by atoms with E-state index < -0.39 is 47.8 Å². The average molecular weight is 709 g/mol. The summed E-state index contributed by atoms with van der Waals surface area (Å²) in [5, 5.41) is 6.71. The molecule has 12 nitrogen and oxygen atoms in total. The van der Waals surface area contributed by atoms with Crippen LogP contribution in [0.1, 0.15) is 22.3 Å². The zero-order valence-corrected chi connectivity index (χ0v) is 27.9. The highest BCUT2D eigenvalue weighted by Gasteiger charge is 2.50. The maximum Gasteiger partial charge on any atom is 0.412 e. The Hall–Kier alpha value is -6.57. The molecule has 0 saturated carbocycles. The molecule has 0 saturated heterocycles. The maximum atomic E-state index is 15.4. The van der Waals surface area contributed by atoms with Gasteiger partial charge in [0.05, 0.1) is 12.2 Å². The van der Waals surface area contributed by atoms with E-state index in [1.807, 2.05) is 13.0 Å². The zero-order valence-electron chi connectivity index (χ0n) is 27.9. The second-order valence-corrected chi connectivity index (χ2v) is 11.7. The van der Waals surface area contributed by atoms with Gasteiger partial charge in [0.15, 0.2) is 0 Å². The molecule has 0 spiro atoms. The number of hydrogen-bond acceptors (Lipinski definition) is 8. The molecule has 0 fully saturated rings. The van der Waals surface area contributed by atoms with E-state index in [2.05, 4.69) is 25.9 Å². The van der Waals surface area contributed by atoms with Gasteiger partial charge in [-0.25, -0.2) is 9.78 Å². The Bertz CT molecular complexity index is 2100. The van der Waals surface area contributed by atoms with Crippen LogP contribution in [0.3, 0.4) is 0 Å². The summed E-state index contributed by atoms with van der Waals surface area (Å²) in [5.74, 6) is -9.21. The molecule has 0 bridgehead atoms. The van der Waals surface area contributed by atoms with Gasteiger partial charge in [0, 0.05) is 30.9 Å². The first kappa shape index (κ1) is 36.7. The van der Waals surface area contributed by atoms with Crippen molar-refractivity contribution in [2.75, 3.05) is 5.32 Å². The molecule has 1 atom stereocenters. The first-order valence-corrected chi connectivity index (χ1v) is 16.1. The van der Waals surface area contributed by atoms with E-state index in [1.54, 1.807) is 78.9 Å². The largest absolute Gasteiger partial charge is 0.444 e. The molecule has 0 aliphatic rings. The van der Waals surface area contributed by atoms with Crippen molar-refractivity contribution in [1.29, 1.82) is 0 Å². The van der Waals surface area contributed by atoms with Crippen molar-refractivity contribution in [2.24, 2.45) is 0 Å². The molecule has 266 valence electrons. The number of benzene rings is 3. The van der Waals surface area contributed by atoms with E-state index in [-0.39, 0.29) is 31.1 Å². The van der Waals surface area contributed by atoms with Gasteiger partial charge in [0.25, 0.3) is 11.5 Å². The number of hydrogen-bond donors (Lipinski definition) is 3. The summed E-state index contributed by atoms with van der Waals surface area (Å²) in [6, 6.07) is 25.0. The van der Waals surface area contributed by atoms with Crippen LogP contribution in [0.5, 0.6) is 0 Å². The molecule has 1 unspecified atom stereocenters. The molecule has 14 heteroatoms. The number of carbonyl (C=O) groups excluding carboxylic acids is 4. The van der Waals surface area contributed by atoms with Crippen LogP contribution in [-0.4, -0.2) is 50.2 Å². The molecule has 0 aliphatic heterocycles. The molecular formula is C38H34F2N6O6. The fourth-order valence-electron chi connectivity index (χ4n) is 5.18. The zero-order chi connectivity index (χ0) is 37.1. The van der Waals surface area contributed by atoms with E-state index in [0.717, 1.165) is 16.3 Å². The highest BCUT2D eigenvalue weighted by molar-refractivity contribution is 6.10. The summed E-state index contributed by atoms with van der Waals surface area (Å²) in [6.07, 6.45) is 2.62. The lowest BCUT2D eigenvalue weighted by Gasteiger charge is -2.23. The van der Waals surface area contributed by atoms with Crippen LogP contribution in [-0.2, 0) is 45.2 Å².